The molecule has 0 unspecified atom stereocenters. The molecule has 122 valence electrons. The molecule has 1 amide bonds. The van der Waals surface area contributed by atoms with Crippen molar-refractivity contribution in [1.29, 1.82) is 0 Å². The minimum Gasteiger partial charge on any atom is -0.454 e. The number of rotatable bonds is 4. The number of fused-ring (bicyclic) bond motifs is 2. The summed E-state index contributed by atoms with van der Waals surface area (Å²) in [5.41, 5.74) is 2.82. The lowest BCUT2D eigenvalue weighted by atomic mass is 10.1. The van der Waals surface area contributed by atoms with Crippen molar-refractivity contribution < 1.29 is 14.3 Å². The Labute approximate surface area is 138 Å². The van der Waals surface area contributed by atoms with Crippen LogP contribution in [0.15, 0.2) is 36.7 Å². The molecule has 7 nitrogen and oxygen atoms in total. The van der Waals surface area contributed by atoms with Gasteiger partial charge in [0.05, 0.1) is 5.69 Å². The monoisotopic (exact) mass is 324 g/mol. The van der Waals surface area contributed by atoms with Crippen molar-refractivity contribution >= 4 is 11.6 Å². The molecule has 24 heavy (non-hydrogen) atoms. The van der Waals surface area contributed by atoms with Gasteiger partial charge in [-0.15, -0.1) is 0 Å². The van der Waals surface area contributed by atoms with Crippen molar-refractivity contribution in [2.24, 2.45) is 0 Å². The van der Waals surface area contributed by atoms with E-state index in [0.717, 1.165) is 17.1 Å². The molecule has 7 heteroatoms. The summed E-state index contributed by atoms with van der Waals surface area (Å²) in [6.07, 6.45) is 4.13. The predicted octanol–water partition coefficient (Wildman–Crippen LogP) is 1.74. The summed E-state index contributed by atoms with van der Waals surface area (Å²) in [5.74, 6) is 1.35. The number of carbonyl (C=O) groups excluding carboxylic acids is 1. The first kappa shape index (κ1) is 14.5. The van der Waals surface area contributed by atoms with Gasteiger partial charge in [0.2, 0.25) is 6.79 Å². The van der Waals surface area contributed by atoms with Crippen molar-refractivity contribution in [3.63, 3.8) is 0 Å². The zero-order chi connectivity index (χ0) is 16.5. The maximum Gasteiger partial charge on any atom is 0.257 e. The smallest absolute Gasteiger partial charge is 0.257 e. The molecule has 3 heterocycles. The molecule has 4 rings (SSSR count). The molecule has 1 N–H and O–H groups in total. The summed E-state index contributed by atoms with van der Waals surface area (Å²) in [4.78, 5) is 16.7. The molecule has 0 bridgehead atoms. The second-order valence-electron chi connectivity index (χ2n) is 5.54. The van der Waals surface area contributed by atoms with Crippen molar-refractivity contribution in [2.45, 2.75) is 13.3 Å². The van der Waals surface area contributed by atoms with Crippen LogP contribution in [0.3, 0.4) is 0 Å². The number of nitrogens with one attached hydrogen (secondary N) is 1. The minimum atomic E-state index is -0.165. The van der Waals surface area contributed by atoms with Crippen LogP contribution in [0.2, 0.25) is 0 Å². The highest BCUT2D eigenvalue weighted by molar-refractivity contribution is 6.00. The Hall–Kier alpha value is -3.09. The Balaban J connectivity index is 1.44. The van der Waals surface area contributed by atoms with Crippen molar-refractivity contribution in [3.05, 3.63) is 53.5 Å². The Morgan fingerprint density at radius 3 is 3.12 bits per heavy atom. The molecule has 0 spiro atoms. The molecule has 1 aromatic carbocycles. The van der Waals surface area contributed by atoms with Crippen LogP contribution in [-0.2, 0) is 6.42 Å². The van der Waals surface area contributed by atoms with E-state index >= 15 is 0 Å². The van der Waals surface area contributed by atoms with Gasteiger partial charge in [0, 0.05) is 18.9 Å². The Kier molecular flexibility index (Phi) is 3.53. The maximum absolute atomic E-state index is 12.5. The third-order valence-corrected chi connectivity index (χ3v) is 3.93. The van der Waals surface area contributed by atoms with Crippen molar-refractivity contribution in [1.82, 2.24) is 19.9 Å². The van der Waals surface area contributed by atoms with E-state index in [2.05, 4.69) is 15.4 Å². The molecule has 1 aliphatic heterocycles. The summed E-state index contributed by atoms with van der Waals surface area (Å²) in [6.45, 7) is 2.58. The molecular formula is C17H16N4O3. The number of hydrogen-bond acceptors (Lipinski definition) is 5. The van der Waals surface area contributed by atoms with E-state index in [4.69, 9.17) is 9.47 Å². The van der Waals surface area contributed by atoms with Crippen molar-refractivity contribution in [2.75, 3.05) is 13.3 Å². The van der Waals surface area contributed by atoms with Crippen LogP contribution in [0.25, 0.3) is 5.65 Å². The Morgan fingerprint density at radius 2 is 2.21 bits per heavy atom. The lowest BCUT2D eigenvalue weighted by molar-refractivity contribution is 0.0955. The normalized spacial score (nSPS) is 12.5. The molecular weight excluding hydrogens is 308 g/mol. The lowest BCUT2D eigenvalue weighted by Gasteiger charge is -2.06. The molecule has 0 atom stereocenters. The van der Waals surface area contributed by atoms with E-state index in [-0.39, 0.29) is 12.7 Å². The number of benzene rings is 1. The third kappa shape index (κ3) is 2.54. The Morgan fingerprint density at radius 1 is 1.33 bits per heavy atom. The second kappa shape index (κ2) is 5.84. The van der Waals surface area contributed by atoms with Gasteiger partial charge in [-0.3, -0.25) is 4.79 Å². The average molecular weight is 324 g/mol. The number of aryl methyl sites for hydroxylation is 1. The second-order valence-corrected chi connectivity index (χ2v) is 5.54. The lowest BCUT2D eigenvalue weighted by Crippen LogP contribution is -2.26. The largest absolute Gasteiger partial charge is 0.454 e. The maximum atomic E-state index is 12.5. The van der Waals surface area contributed by atoms with Gasteiger partial charge < -0.3 is 14.8 Å². The molecule has 2 aromatic heterocycles. The fourth-order valence-corrected chi connectivity index (χ4v) is 2.77. The van der Waals surface area contributed by atoms with Crippen molar-refractivity contribution in [3.8, 4) is 11.5 Å². The summed E-state index contributed by atoms with van der Waals surface area (Å²) >= 11 is 0. The van der Waals surface area contributed by atoms with E-state index in [1.807, 2.05) is 18.2 Å². The van der Waals surface area contributed by atoms with Gasteiger partial charge >= 0.3 is 0 Å². The van der Waals surface area contributed by atoms with E-state index < -0.39 is 0 Å². The molecule has 3 aromatic rings. The fourth-order valence-electron chi connectivity index (χ4n) is 2.77. The first-order valence-corrected chi connectivity index (χ1v) is 7.69. The summed E-state index contributed by atoms with van der Waals surface area (Å²) in [7, 11) is 0. The zero-order valence-electron chi connectivity index (χ0n) is 13.2. The topological polar surface area (TPSA) is 77.8 Å². The van der Waals surface area contributed by atoms with Gasteiger partial charge in [-0.1, -0.05) is 6.07 Å². The molecule has 1 aliphatic rings. The Bertz CT molecular complexity index is 919. The average Bonchev–Trinajstić information content (AvgIpc) is 3.17. The summed E-state index contributed by atoms with van der Waals surface area (Å²) < 4.78 is 12.3. The third-order valence-electron chi connectivity index (χ3n) is 3.93. The zero-order valence-corrected chi connectivity index (χ0v) is 13.2. The van der Waals surface area contributed by atoms with Crippen LogP contribution < -0.4 is 14.8 Å². The number of nitrogens with zero attached hydrogens (tertiary/aromatic N) is 3. The van der Waals surface area contributed by atoms with E-state index in [9.17, 15) is 4.79 Å². The SMILES string of the molecule is Cc1nn2cccnc2c1C(=O)NCCc1ccc2c(c1)OCO2. The standard InChI is InChI=1S/C17H16N4O3/c1-11-15(16-18-6-2-8-21(16)20-11)17(22)19-7-5-12-3-4-13-14(9-12)24-10-23-13/h2-4,6,8-9H,5,7,10H2,1H3,(H,19,22). The fraction of sp³-hybridized carbons (Fsp3) is 0.235. The number of amides is 1. The van der Waals surface area contributed by atoms with Gasteiger partial charge in [0.25, 0.3) is 5.91 Å². The quantitative estimate of drug-likeness (QED) is 0.791. The minimum absolute atomic E-state index is 0.165. The summed E-state index contributed by atoms with van der Waals surface area (Å²) in [6, 6.07) is 7.58. The van der Waals surface area contributed by atoms with Gasteiger partial charge in [-0.25, -0.2) is 9.50 Å². The predicted molar refractivity (Wildman–Crippen MR) is 86.3 cm³/mol. The number of hydrogen-bond donors (Lipinski definition) is 1. The first-order valence-electron chi connectivity index (χ1n) is 7.69. The molecule has 0 saturated heterocycles. The van der Waals surface area contributed by atoms with Gasteiger partial charge in [0.15, 0.2) is 17.1 Å². The van der Waals surface area contributed by atoms with Crippen LogP contribution in [-0.4, -0.2) is 33.8 Å². The number of carbonyl (C=O) groups is 1. The van der Waals surface area contributed by atoms with Gasteiger partial charge in [-0.05, 0) is 37.1 Å². The van der Waals surface area contributed by atoms with Crippen LogP contribution in [0.5, 0.6) is 11.5 Å². The van der Waals surface area contributed by atoms with Crippen LogP contribution in [0, 0.1) is 6.92 Å². The molecule has 0 aliphatic carbocycles. The van der Waals surface area contributed by atoms with Crippen LogP contribution in [0.1, 0.15) is 21.6 Å². The first-order chi connectivity index (χ1) is 11.7. The van der Waals surface area contributed by atoms with Crippen LogP contribution >= 0.6 is 0 Å². The molecule has 0 radical (unpaired) electrons. The highest BCUT2D eigenvalue weighted by atomic mass is 16.7. The highest BCUT2D eigenvalue weighted by Gasteiger charge is 2.18. The number of aromatic nitrogens is 3. The molecule has 0 saturated carbocycles. The van der Waals surface area contributed by atoms with Gasteiger partial charge in [-0.2, -0.15) is 5.10 Å². The van der Waals surface area contributed by atoms with E-state index in [1.165, 1.54) is 0 Å². The number of ether oxygens (including phenoxy) is 2. The highest BCUT2D eigenvalue weighted by Crippen LogP contribution is 2.32. The summed E-state index contributed by atoms with van der Waals surface area (Å²) in [5, 5.41) is 7.23. The van der Waals surface area contributed by atoms with Gasteiger partial charge in [0.1, 0.15) is 5.56 Å². The van der Waals surface area contributed by atoms with Crippen LogP contribution in [0.4, 0.5) is 0 Å². The van der Waals surface area contributed by atoms with E-state index in [1.54, 1.807) is 29.9 Å². The molecule has 0 fully saturated rings. The van der Waals surface area contributed by atoms with E-state index in [0.29, 0.717) is 29.9 Å².